The van der Waals surface area contributed by atoms with E-state index in [-0.39, 0.29) is 5.78 Å². The zero-order valence-corrected chi connectivity index (χ0v) is 11.6. The van der Waals surface area contributed by atoms with Crippen molar-refractivity contribution in [2.24, 2.45) is 0 Å². The van der Waals surface area contributed by atoms with E-state index in [4.69, 9.17) is 4.74 Å². The van der Waals surface area contributed by atoms with Crippen molar-refractivity contribution in [3.63, 3.8) is 0 Å². The summed E-state index contributed by atoms with van der Waals surface area (Å²) in [4.78, 5) is 16.9. The van der Waals surface area contributed by atoms with Crippen molar-refractivity contribution < 1.29 is 9.53 Å². The van der Waals surface area contributed by atoms with E-state index in [2.05, 4.69) is 4.98 Å². The molecule has 2 aromatic rings. The fourth-order valence-corrected chi connectivity index (χ4v) is 2.15. The molecule has 0 aliphatic carbocycles. The highest BCUT2D eigenvalue weighted by Gasteiger charge is 2.32. The van der Waals surface area contributed by atoms with E-state index in [0.717, 1.165) is 10.9 Å². The molecule has 1 aromatic heterocycles. The first kappa shape index (κ1) is 13.7. The summed E-state index contributed by atoms with van der Waals surface area (Å²) < 4.78 is 5.63. The first-order valence-electron chi connectivity index (χ1n) is 6.64. The molecule has 0 spiro atoms. The molecule has 100 valence electrons. The molecule has 0 saturated carbocycles. The number of carbonyl (C=O) groups is 1. The molecule has 0 N–H and O–H groups in total. The second-order valence-electron chi connectivity index (χ2n) is 4.76. The Balaban J connectivity index is 2.40. The number of aromatic nitrogens is 1. The second kappa shape index (κ2) is 5.49. The highest BCUT2D eigenvalue weighted by atomic mass is 16.5. The molecule has 0 saturated heterocycles. The molecule has 0 amide bonds. The minimum absolute atomic E-state index is 0.00453. The van der Waals surface area contributed by atoms with Crippen molar-refractivity contribution in [3.8, 4) is 0 Å². The molecule has 1 heterocycles. The number of carbonyl (C=O) groups excluding carboxylic acids is 1. The van der Waals surface area contributed by atoms with E-state index in [1.54, 1.807) is 6.20 Å². The zero-order valence-electron chi connectivity index (χ0n) is 11.6. The molecule has 0 bridgehead atoms. The van der Waals surface area contributed by atoms with Gasteiger partial charge in [0.25, 0.3) is 0 Å². The predicted octanol–water partition coefficient (Wildman–Crippen LogP) is 3.62. The van der Waals surface area contributed by atoms with E-state index >= 15 is 0 Å². The van der Waals surface area contributed by atoms with Crippen LogP contribution < -0.4 is 0 Å². The van der Waals surface area contributed by atoms with Gasteiger partial charge in [-0.3, -0.25) is 9.78 Å². The van der Waals surface area contributed by atoms with E-state index in [0.29, 0.717) is 18.6 Å². The minimum Gasteiger partial charge on any atom is -0.367 e. The first-order chi connectivity index (χ1) is 9.10. The van der Waals surface area contributed by atoms with Gasteiger partial charge in [-0.25, -0.2) is 0 Å². The van der Waals surface area contributed by atoms with E-state index < -0.39 is 5.60 Å². The first-order valence-corrected chi connectivity index (χ1v) is 6.64. The summed E-state index contributed by atoms with van der Waals surface area (Å²) in [5.74, 6) is -0.00453. The molecule has 19 heavy (non-hydrogen) atoms. The number of fused-ring (bicyclic) bond motifs is 1. The summed E-state index contributed by atoms with van der Waals surface area (Å²) in [5, 5.41) is 0.975. The van der Waals surface area contributed by atoms with Gasteiger partial charge in [0.05, 0.1) is 5.52 Å². The maximum absolute atomic E-state index is 12.6. The molecule has 0 fully saturated rings. The molecule has 0 aliphatic heterocycles. The average molecular weight is 257 g/mol. The minimum atomic E-state index is -0.765. The number of para-hydroxylation sites is 1. The standard InChI is InChI=1S/C16H19NO2/c1-4-16(3,19-5-2)15(18)13-10-12-8-6-7-9-14(12)17-11-13/h6-11H,4-5H2,1-3H3. The number of hydrogen-bond donors (Lipinski definition) is 0. The van der Waals surface area contributed by atoms with Gasteiger partial charge in [-0.15, -0.1) is 0 Å². The lowest BCUT2D eigenvalue weighted by Gasteiger charge is -2.26. The van der Waals surface area contributed by atoms with Crippen LogP contribution in [0.25, 0.3) is 10.9 Å². The van der Waals surface area contributed by atoms with Crippen LogP contribution in [0.5, 0.6) is 0 Å². The number of rotatable bonds is 5. The fraction of sp³-hybridized carbons (Fsp3) is 0.375. The summed E-state index contributed by atoms with van der Waals surface area (Å²) in [6.45, 7) is 6.23. The summed E-state index contributed by atoms with van der Waals surface area (Å²) >= 11 is 0. The van der Waals surface area contributed by atoms with Gasteiger partial charge in [0.1, 0.15) is 5.60 Å². The van der Waals surface area contributed by atoms with Gasteiger partial charge in [0, 0.05) is 23.8 Å². The summed E-state index contributed by atoms with van der Waals surface area (Å²) in [5.41, 5.74) is 0.740. The van der Waals surface area contributed by atoms with Gasteiger partial charge < -0.3 is 4.74 Å². The number of ketones is 1. The third-order valence-electron chi connectivity index (χ3n) is 3.47. The van der Waals surface area contributed by atoms with Crippen molar-refractivity contribution in [1.29, 1.82) is 0 Å². The SMILES string of the molecule is CCOC(C)(CC)C(=O)c1cnc2ccccc2c1. The van der Waals surface area contributed by atoms with Gasteiger partial charge >= 0.3 is 0 Å². The number of pyridine rings is 1. The lowest BCUT2D eigenvalue weighted by Crippen LogP contribution is -2.38. The molecule has 1 atom stereocenters. The van der Waals surface area contributed by atoms with Gasteiger partial charge in [-0.2, -0.15) is 0 Å². The van der Waals surface area contributed by atoms with Crippen LogP contribution in [-0.4, -0.2) is 23.0 Å². The number of ether oxygens (including phenoxy) is 1. The molecular formula is C16H19NO2. The molecule has 3 nitrogen and oxygen atoms in total. The summed E-state index contributed by atoms with van der Waals surface area (Å²) in [6, 6.07) is 9.67. The predicted molar refractivity (Wildman–Crippen MR) is 76.4 cm³/mol. The number of hydrogen-bond acceptors (Lipinski definition) is 3. The van der Waals surface area contributed by atoms with Gasteiger partial charge in [0.2, 0.25) is 0 Å². The highest BCUT2D eigenvalue weighted by Crippen LogP contribution is 2.23. The van der Waals surface area contributed by atoms with Gasteiger partial charge in [-0.1, -0.05) is 25.1 Å². The van der Waals surface area contributed by atoms with Crippen LogP contribution in [-0.2, 0) is 4.74 Å². The highest BCUT2D eigenvalue weighted by molar-refractivity contribution is 6.04. The Kier molecular flexibility index (Phi) is 3.96. The van der Waals surface area contributed by atoms with Crippen LogP contribution in [0.1, 0.15) is 37.6 Å². The van der Waals surface area contributed by atoms with Crippen LogP contribution >= 0.6 is 0 Å². The van der Waals surface area contributed by atoms with Crippen LogP contribution in [0.4, 0.5) is 0 Å². The van der Waals surface area contributed by atoms with E-state index in [1.165, 1.54) is 0 Å². The smallest absolute Gasteiger partial charge is 0.195 e. The largest absolute Gasteiger partial charge is 0.367 e. The van der Waals surface area contributed by atoms with Crippen molar-refractivity contribution in [3.05, 3.63) is 42.1 Å². The Bertz CT molecular complexity index is 594. The summed E-state index contributed by atoms with van der Waals surface area (Å²) in [6.07, 6.45) is 2.28. The molecule has 2 rings (SSSR count). The van der Waals surface area contributed by atoms with Crippen LogP contribution in [0.2, 0.25) is 0 Å². The number of Topliss-reactive ketones (excluding diaryl/α,β-unsaturated/α-hetero) is 1. The Hall–Kier alpha value is -1.74. The lowest BCUT2D eigenvalue weighted by atomic mass is 9.92. The third kappa shape index (κ3) is 2.66. The zero-order chi connectivity index (χ0) is 13.9. The average Bonchev–Trinajstić information content (AvgIpc) is 2.46. The van der Waals surface area contributed by atoms with Crippen LogP contribution in [0.15, 0.2) is 36.5 Å². The summed E-state index contributed by atoms with van der Waals surface area (Å²) in [7, 11) is 0. The quantitative estimate of drug-likeness (QED) is 0.768. The Labute approximate surface area is 113 Å². The Morgan fingerprint density at radius 3 is 2.74 bits per heavy atom. The van der Waals surface area contributed by atoms with Crippen molar-refractivity contribution in [2.75, 3.05) is 6.61 Å². The maximum atomic E-state index is 12.6. The molecular weight excluding hydrogens is 238 g/mol. The van der Waals surface area contributed by atoms with Crippen LogP contribution in [0, 0.1) is 0 Å². The van der Waals surface area contributed by atoms with Crippen LogP contribution in [0.3, 0.4) is 0 Å². The number of nitrogens with zero attached hydrogens (tertiary/aromatic N) is 1. The van der Waals surface area contributed by atoms with E-state index in [9.17, 15) is 4.79 Å². The lowest BCUT2D eigenvalue weighted by molar-refractivity contribution is -0.0116. The van der Waals surface area contributed by atoms with Gasteiger partial charge in [0.15, 0.2) is 5.78 Å². The molecule has 1 unspecified atom stereocenters. The molecule has 1 aromatic carbocycles. The van der Waals surface area contributed by atoms with Gasteiger partial charge in [-0.05, 0) is 32.4 Å². The topological polar surface area (TPSA) is 39.2 Å². The third-order valence-corrected chi connectivity index (χ3v) is 3.47. The fourth-order valence-electron chi connectivity index (χ4n) is 2.15. The molecule has 3 heteroatoms. The van der Waals surface area contributed by atoms with Crippen molar-refractivity contribution in [2.45, 2.75) is 32.8 Å². The van der Waals surface area contributed by atoms with Crippen molar-refractivity contribution in [1.82, 2.24) is 4.98 Å². The number of benzene rings is 1. The monoisotopic (exact) mass is 257 g/mol. The molecule has 0 radical (unpaired) electrons. The Morgan fingerprint density at radius 1 is 1.32 bits per heavy atom. The maximum Gasteiger partial charge on any atom is 0.195 e. The second-order valence-corrected chi connectivity index (χ2v) is 4.76. The Morgan fingerprint density at radius 2 is 2.05 bits per heavy atom. The normalized spacial score (nSPS) is 14.3. The van der Waals surface area contributed by atoms with Crippen molar-refractivity contribution >= 4 is 16.7 Å². The molecule has 0 aliphatic rings. The van der Waals surface area contributed by atoms with E-state index in [1.807, 2.05) is 51.1 Å².